The molecule has 0 radical (unpaired) electrons. The Labute approximate surface area is 194 Å². The van der Waals surface area contributed by atoms with Crippen LogP contribution in [-0.4, -0.2) is 41.8 Å². The van der Waals surface area contributed by atoms with E-state index in [2.05, 4.69) is 0 Å². The van der Waals surface area contributed by atoms with Crippen LogP contribution in [0.2, 0.25) is 0 Å². The Morgan fingerprint density at radius 3 is 2.24 bits per heavy atom. The van der Waals surface area contributed by atoms with E-state index in [1.165, 1.54) is 25.3 Å². The fourth-order valence-electron chi connectivity index (χ4n) is 3.70. The van der Waals surface area contributed by atoms with Crippen LogP contribution in [0, 0.1) is 0 Å². The summed E-state index contributed by atoms with van der Waals surface area (Å²) in [4.78, 5) is 37.4. The number of rotatable bonds is 8. The van der Waals surface area contributed by atoms with Gasteiger partial charge in [0.1, 0.15) is 5.75 Å². The third-order valence-corrected chi connectivity index (χ3v) is 5.36. The molecule has 2 N–H and O–H groups in total. The zero-order valence-corrected chi connectivity index (χ0v) is 18.1. The molecule has 1 aliphatic heterocycles. The molecule has 0 fully saturated rings. The molecule has 1 heterocycles. The van der Waals surface area contributed by atoms with E-state index >= 15 is 0 Å². The molecule has 0 aliphatic carbocycles. The van der Waals surface area contributed by atoms with Crippen LogP contribution in [0.1, 0.15) is 31.8 Å². The molecule has 0 bridgehead atoms. The van der Waals surface area contributed by atoms with Gasteiger partial charge in [0, 0.05) is 17.6 Å². The summed E-state index contributed by atoms with van der Waals surface area (Å²) >= 11 is 0. The molecule has 172 valence electrons. The predicted octanol–water partition coefficient (Wildman–Crippen LogP) is 4.09. The van der Waals surface area contributed by atoms with Crippen molar-refractivity contribution in [2.45, 2.75) is 6.42 Å². The Balaban J connectivity index is 1.87. The van der Waals surface area contributed by atoms with Gasteiger partial charge in [-0.1, -0.05) is 18.2 Å². The lowest BCUT2D eigenvalue weighted by Crippen LogP contribution is -2.14. The first-order valence-corrected chi connectivity index (χ1v) is 10.2. The van der Waals surface area contributed by atoms with Crippen molar-refractivity contribution in [1.29, 1.82) is 0 Å². The Kier molecular flexibility index (Phi) is 6.31. The Morgan fingerprint density at radius 1 is 0.853 bits per heavy atom. The van der Waals surface area contributed by atoms with Gasteiger partial charge in [0.2, 0.25) is 6.79 Å². The van der Waals surface area contributed by atoms with Crippen LogP contribution in [0.3, 0.4) is 0 Å². The molecule has 0 atom stereocenters. The number of fused-ring (bicyclic) bond motifs is 1. The molecular weight excluding hydrogens is 440 g/mol. The third kappa shape index (κ3) is 4.61. The second-order valence-corrected chi connectivity index (χ2v) is 7.47. The SMILES string of the molecule is COc1ccc(C(=O)/C(Cc2cccc(C(=O)O)c2)=C(\C(=O)O)c2ccc3c(c2)OCO3)cc1. The number of carbonyl (C=O) groups is 3. The van der Waals surface area contributed by atoms with Gasteiger partial charge in [0.05, 0.1) is 18.2 Å². The van der Waals surface area contributed by atoms with Crippen molar-refractivity contribution < 1.29 is 38.8 Å². The van der Waals surface area contributed by atoms with Crippen molar-refractivity contribution >= 4 is 23.3 Å². The highest BCUT2D eigenvalue weighted by Gasteiger charge is 2.26. The van der Waals surface area contributed by atoms with Crippen LogP contribution < -0.4 is 14.2 Å². The second kappa shape index (κ2) is 9.50. The average molecular weight is 460 g/mol. The normalized spacial score (nSPS) is 12.6. The monoisotopic (exact) mass is 460 g/mol. The number of hydrogen-bond donors (Lipinski definition) is 2. The number of carbonyl (C=O) groups excluding carboxylic acids is 1. The number of ketones is 1. The fourth-order valence-corrected chi connectivity index (χ4v) is 3.70. The van der Waals surface area contributed by atoms with Crippen LogP contribution in [-0.2, 0) is 11.2 Å². The van der Waals surface area contributed by atoms with Gasteiger partial charge in [0.15, 0.2) is 17.3 Å². The number of hydrogen-bond acceptors (Lipinski definition) is 6. The maximum absolute atomic E-state index is 13.6. The van der Waals surface area contributed by atoms with Crippen LogP contribution in [0.15, 0.2) is 72.3 Å². The molecule has 0 unspecified atom stereocenters. The van der Waals surface area contributed by atoms with Crippen LogP contribution in [0.5, 0.6) is 17.2 Å². The van der Waals surface area contributed by atoms with Gasteiger partial charge in [0.25, 0.3) is 0 Å². The molecule has 3 aromatic rings. The standard InChI is InChI=1S/C26H20O8/c1-32-19-8-5-16(6-9-19)24(27)20(12-15-3-2-4-18(11-15)25(28)29)23(26(30)31)17-7-10-21-22(13-17)34-14-33-21/h2-11,13H,12,14H2,1H3,(H,28,29)(H,30,31)/b23-20-. The largest absolute Gasteiger partial charge is 0.497 e. The number of allylic oxidation sites excluding steroid dienone is 1. The van der Waals surface area contributed by atoms with Crippen molar-refractivity contribution in [3.05, 3.63) is 94.6 Å². The molecule has 3 aromatic carbocycles. The minimum Gasteiger partial charge on any atom is -0.497 e. The van der Waals surface area contributed by atoms with Crippen molar-refractivity contribution in [2.24, 2.45) is 0 Å². The number of ether oxygens (including phenoxy) is 3. The van der Waals surface area contributed by atoms with Crippen molar-refractivity contribution in [2.75, 3.05) is 13.9 Å². The van der Waals surface area contributed by atoms with E-state index in [4.69, 9.17) is 14.2 Å². The van der Waals surface area contributed by atoms with Gasteiger partial charge in [-0.3, -0.25) is 4.79 Å². The lowest BCUT2D eigenvalue weighted by atomic mass is 9.89. The number of aromatic carboxylic acids is 1. The highest BCUT2D eigenvalue weighted by atomic mass is 16.7. The van der Waals surface area contributed by atoms with E-state index in [0.29, 0.717) is 22.8 Å². The van der Waals surface area contributed by atoms with E-state index in [-0.39, 0.29) is 41.1 Å². The molecule has 1 aliphatic rings. The summed E-state index contributed by atoms with van der Waals surface area (Å²) in [6.07, 6.45) is -0.0952. The number of aliphatic carboxylic acids is 1. The molecule has 4 rings (SSSR count). The number of methoxy groups -OCH3 is 1. The molecule has 8 nitrogen and oxygen atoms in total. The van der Waals surface area contributed by atoms with Crippen LogP contribution in [0.25, 0.3) is 5.57 Å². The van der Waals surface area contributed by atoms with Gasteiger partial charge >= 0.3 is 11.9 Å². The summed E-state index contributed by atoms with van der Waals surface area (Å²) in [6.45, 7) is 0.0184. The van der Waals surface area contributed by atoms with Crippen molar-refractivity contribution in [3.63, 3.8) is 0 Å². The van der Waals surface area contributed by atoms with E-state index in [1.54, 1.807) is 48.5 Å². The lowest BCUT2D eigenvalue weighted by Gasteiger charge is -2.14. The number of carboxylic acids is 2. The molecular formula is C26H20O8. The molecule has 0 aromatic heterocycles. The summed E-state index contributed by atoms with van der Waals surface area (Å²) in [6, 6.07) is 17.0. The second-order valence-electron chi connectivity index (χ2n) is 7.47. The van der Waals surface area contributed by atoms with Crippen molar-refractivity contribution in [3.8, 4) is 17.2 Å². The van der Waals surface area contributed by atoms with E-state index in [1.807, 2.05) is 0 Å². The number of Topliss-reactive ketones (excluding diaryl/α,β-unsaturated/α-hetero) is 1. The molecule has 8 heteroatoms. The Bertz CT molecular complexity index is 1300. The van der Waals surface area contributed by atoms with Gasteiger partial charge in [-0.05, 0) is 59.7 Å². The maximum atomic E-state index is 13.6. The van der Waals surface area contributed by atoms with Gasteiger partial charge in [-0.15, -0.1) is 0 Å². The van der Waals surface area contributed by atoms with E-state index in [0.717, 1.165) is 0 Å². The highest BCUT2D eigenvalue weighted by molar-refractivity contribution is 6.26. The topological polar surface area (TPSA) is 119 Å². The molecule has 0 spiro atoms. The zero-order valence-electron chi connectivity index (χ0n) is 18.1. The summed E-state index contributed by atoms with van der Waals surface area (Å²) in [5.74, 6) is -1.52. The molecule has 0 amide bonds. The first-order valence-electron chi connectivity index (χ1n) is 10.2. The van der Waals surface area contributed by atoms with Gasteiger partial charge in [-0.2, -0.15) is 0 Å². The first kappa shape index (κ1) is 22.6. The first-order chi connectivity index (χ1) is 16.4. The minimum atomic E-state index is -1.30. The van der Waals surface area contributed by atoms with Crippen molar-refractivity contribution in [1.82, 2.24) is 0 Å². The smallest absolute Gasteiger partial charge is 0.336 e. The predicted molar refractivity (Wildman–Crippen MR) is 122 cm³/mol. The third-order valence-electron chi connectivity index (χ3n) is 5.36. The minimum absolute atomic E-state index is 0.000860. The summed E-state index contributed by atoms with van der Waals surface area (Å²) in [5, 5.41) is 19.5. The molecule has 0 saturated carbocycles. The van der Waals surface area contributed by atoms with Crippen LogP contribution >= 0.6 is 0 Å². The summed E-state index contributed by atoms with van der Waals surface area (Å²) in [7, 11) is 1.50. The fraction of sp³-hybridized carbons (Fsp3) is 0.115. The Hall–Kier alpha value is -4.59. The summed E-state index contributed by atoms with van der Waals surface area (Å²) < 4.78 is 15.8. The zero-order chi connectivity index (χ0) is 24.2. The summed E-state index contributed by atoms with van der Waals surface area (Å²) in [5.41, 5.74) is 0.844. The van der Waals surface area contributed by atoms with Gasteiger partial charge in [-0.25, -0.2) is 9.59 Å². The van der Waals surface area contributed by atoms with E-state index in [9.17, 15) is 24.6 Å². The maximum Gasteiger partial charge on any atom is 0.336 e. The molecule has 0 saturated heterocycles. The number of carboxylic acid groups (broad SMARTS) is 2. The van der Waals surface area contributed by atoms with Gasteiger partial charge < -0.3 is 24.4 Å². The lowest BCUT2D eigenvalue weighted by molar-refractivity contribution is -0.130. The quantitative estimate of drug-likeness (QED) is 0.381. The van der Waals surface area contributed by atoms with E-state index < -0.39 is 17.7 Å². The molecule has 34 heavy (non-hydrogen) atoms. The highest BCUT2D eigenvalue weighted by Crippen LogP contribution is 2.36. The Morgan fingerprint density at radius 2 is 1.56 bits per heavy atom. The van der Waals surface area contributed by atoms with Crippen LogP contribution in [0.4, 0.5) is 0 Å². The average Bonchev–Trinajstić information content (AvgIpc) is 3.31. The number of benzene rings is 3.